The lowest BCUT2D eigenvalue weighted by atomic mass is 9.85. The minimum absolute atomic E-state index is 0.0786. The fraction of sp³-hybridized carbons (Fsp3) is 0.737. The lowest BCUT2D eigenvalue weighted by Gasteiger charge is -2.31. The van der Waals surface area contributed by atoms with E-state index >= 15 is 0 Å². The number of nitrogens with zero attached hydrogens (tertiary/aromatic N) is 1. The number of aliphatic hydroxyl groups is 1. The van der Waals surface area contributed by atoms with Gasteiger partial charge in [-0.15, -0.1) is 0 Å². The van der Waals surface area contributed by atoms with Crippen molar-refractivity contribution in [2.24, 2.45) is 5.92 Å². The SMILES string of the molecule is Cc1ccc(C(CNC(=O)NC2CCCCC2CO)N2CCCC2)o1. The van der Waals surface area contributed by atoms with E-state index in [1.165, 1.54) is 12.8 Å². The molecule has 0 aromatic carbocycles. The molecule has 2 aliphatic rings. The molecule has 0 bridgehead atoms. The van der Waals surface area contributed by atoms with Crippen LogP contribution in [-0.4, -0.2) is 48.3 Å². The molecule has 2 amide bonds. The van der Waals surface area contributed by atoms with Crippen LogP contribution in [0.2, 0.25) is 0 Å². The van der Waals surface area contributed by atoms with Gasteiger partial charge in [-0.1, -0.05) is 12.8 Å². The van der Waals surface area contributed by atoms with E-state index < -0.39 is 0 Å². The third-order valence-electron chi connectivity index (χ3n) is 5.59. The maximum Gasteiger partial charge on any atom is 0.315 e. The molecule has 3 atom stereocenters. The van der Waals surface area contributed by atoms with Gasteiger partial charge in [0.2, 0.25) is 0 Å². The van der Waals surface area contributed by atoms with Crippen LogP contribution in [-0.2, 0) is 0 Å². The second-order valence-electron chi connectivity index (χ2n) is 7.40. The molecule has 1 aromatic heterocycles. The highest BCUT2D eigenvalue weighted by Crippen LogP contribution is 2.26. The van der Waals surface area contributed by atoms with Crippen molar-refractivity contribution in [1.29, 1.82) is 0 Å². The molecule has 6 nitrogen and oxygen atoms in total. The van der Waals surface area contributed by atoms with Gasteiger partial charge in [0, 0.05) is 25.1 Å². The van der Waals surface area contributed by atoms with Crippen LogP contribution in [0.3, 0.4) is 0 Å². The molecule has 1 saturated carbocycles. The number of hydrogen-bond donors (Lipinski definition) is 3. The summed E-state index contributed by atoms with van der Waals surface area (Å²) in [7, 11) is 0. The summed E-state index contributed by atoms with van der Waals surface area (Å²) in [5, 5.41) is 15.6. The Kier molecular flexibility index (Phi) is 6.37. The number of aryl methyl sites for hydroxylation is 1. The highest BCUT2D eigenvalue weighted by Gasteiger charge is 2.28. The first-order valence-electron chi connectivity index (χ1n) is 9.63. The largest absolute Gasteiger partial charge is 0.465 e. The molecule has 2 fully saturated rings. The summed E-state index contributed by atoms with van der Waals surface area (Å²) < 4.78 is 5.83. The molecule has 3 rings (SSSR count). The quantitative estimate of drug-likeness (QED) is 0.738. The third-order valence-corrected chi connectivity index (χ3v) is 5.59. The number of rotatable bonds is 6. The van der Waals surface area contributed by atoms with Crippen molar-refractivity contribution in [3.63, 3.8) is 0 Å². The van der Waals surface area contributed by atoms with Crippen molar-refractivity contribution >= 4 is 6.03 Å². The van der Waals surface area contributed by atoms with Crippen LogP contribution in [0.5, 0.6) is 0 Å². The first-order chi connectivity index (χ1) is 12.2. The number of hydrogen-bond acceptors (Lipinski definition) is 4. The summed E-state index contributed by atoms with van der Waals surface area (Å²) >= 11 is 0. The smallest absolute Gasteiger partial charge is 0.315 e. The average Bonchev–Trinajstić information content (AvgIpc) is 3.28. The van der Waals surface area contributed by atoms with E-state index in [-0.39, 0.29) is 30.6 Å². The van der Waals surface area contributed by atoms with E-state index in [1.54, 1.807) is 0 Å². The number of likely N-dealkylation sites (tertiary alicyclic amines) is 1. The molecule has 140 valence electrons. The first-order valence-corrected chi connectivity index (χ1v) is 9.63. The summed E-state index contributed by atoms with van der Waals surface area (Å²) in [4.78, 5) is 14.8. The highest BCUT2D eigenvalue weighted by molar-refractivity contribution is 5.74. The van der Waals surface area contributed by atoms with Crippen molar-refractivity contribution in [3.05, 3.63) is 23.7 Å². The van der Waals surface area contributed by atoms with Crippen molar-refractivity contribution in [1.82, 2.24) is 15.5 Å². The van der Waals surface area contributed by atoms with Crippen molar-refractivity contribution in [2.45, 2.75) is 57.5 Å². The van der Waals surface area contributed by atoms with Gasteiger partial charge in [0.25, 0.3) is 0 Å². The Morgan fingerprint density at radius 2 is 2.04 bits per heavy atom. The Bertz CT molecular complexity index is 554. The van der Waals surface area contributed by atoms with Crippen LogP contribution in [0.1, 0.15) is 56.1 Å². The number of urea groups is 1. The number of furan rings is 1. The van der Waals surface area contributed by atoms with Gasteiger partial charge in [0.05, 0.1) is 6.04 Å². The lowest BCUT2D eigenvalue weighted by molar-refractivity contribution is 0.152. The van der Waals surface area contributed by atoms with Gasteiger partial charge < -0.3 is 20.2 Å². The average molecular weight is 349 g/mol. The molecule has 0 radical (unpaired) electrons. The number of carbonyl (C=O) groups excluding carboxylic acids is 1. The van der Waals surface area contributed by atoms with E-state index in [0.717, 1.165) is 50.3 Å². The van der Waals surface area contributed by atoms with E-state index in [1.807, 2.05) is 19.1 Å². The summed E-state index contributed by atoms with van der Waals surface area (Å²) in [6.45, 7) is 4.72. The monoisotopic (exact) mass is 349 g/mol. The number of aliphatic hydroxyl groups excluding tert-OH is 1. The summed E-state index contributed by atoms with van der Waals surface area (Å²) in [5.41, 5.74) is 0. The van der Waals surface area contributed by atoms with Crippen molar-refractivity contribution in [2.75, 3.05) is 26.2 Å². The fourth-order valence-corrected chi connectivity index (χ4v) is 4.12. The summed E-state index contributed by atoms with van der Waals surface area (Å²) in [5.74, 6) is 2.00. The Morgan fingerprint density at radius 3 is 2.72 bits per heavy atom. The van der Waals surface area contributed by atoms with Gasteiger partial charge in [-0.05, 0) is 57.8 Å². The standard InChI is InChI=1S/C19H31N3O3/c1-14-8-9-18(25-14)17(22-10-4-5-11-22)12-20-19(24)21-16-7-3-2-6-15(16)13-23/h8-9,15-17,23H,2-7,10-13H2,1H3,(H2,20,21,24). The molecule has 1 aromatic rings. The molecular formula is C19H31N3O3. The molecule has 25 heavy (non-hydrogen) atoms. The van der Waals surface area contributed by atoms with Gasteiger partial charge >= 0.3 is 6.03 Å². The second kappa shape index (κ2) is 8.72. The molecule has 1 aliphatic heterocycles. The van der Waals surface area contributed by atoms with E-state index in [4.69, 9.17) is 4.42 Å². The normalized spacial score (nSPS) is 25.7. The minimum atomic E-state index is -0.141. The Hall–Kier alpha value is -1.53. The zero-order valence-electron chi connectivity index (χ0n) is 15.2. The van der Waals surface area contributed by atoms with E-state index in [2.05, 4.69) is 15.5 Å². The van der Waals surface area contributed by atoms with Gasteiger partial charge in [-0.3, -0.25) is 4.90 Å². The van der Waals surface area contributed by atoms with E-state index in [9.17, 15) is 9.90 Å². The number of nitrogens with one attached hydrogen (secondary N) is 2. The van der Waals surface area contributed by atoms with Gasteiger partial charge in [-0.25, -0.2) is 4.79 Å². The Labute approximate surface area is 150 Å². The van der Waals surface area contributed by atoms with Crippen LogP contribution < -0.4 is 10.6 Å². The number of carbonyl (C=O) groups is 1. The molecular weight excluding hydrogens is 318 g/mol. The van der Waals surface area contributed by atoms with Gasteiger partial charge in [0.15, 0.2) is 0 Å². The third kappa shape index (κ3) is 4.76. The minimum Gasteiger partial charge on any atom is -0.465 e. The fourth-order valence-electron chi connectivity index (χ4n) is 4.12. The molecule has 6 heteroatoms. The predicted molar refractivity (Wildman–Crippen MR) is 96.4 cm³/mol. The zero-order valence-corrected chi connectivity index (χ0v) is 15.2. The molecule has 3 unspecified atom stereocenters. The topological polar surface area (TPSA) is 77.7 Å². The summed E-state index contributed by atoms with van der Waals surface area (Å²) in [6, 6.07) is 4.02. The Morgan fingerprint density at radius 1 is 1.28 bits per heavy atom. The predicted octanol–water partition coefficient (Wildman–Crippen LogP) is 2.58. The van der Waals surface area contributed by atoms with Crippen LogP contribution >= 0.6 is 0 Å². The molecule has 1 saturated heterocycles. The molecule has 2 heterocycles. The second-order valence-corrected chi connectivity index (χ2v) is 7.40. The molecule has 0 spiro atoms. The van der Waals surface area contributed by atoms with Gasteiger partial charge in [-0.2, -0.15) is 0 Å². The zero-order chi connectivity index (χ0) is 17.6. The van der Waals surface area contributed by atoms with Crippen LogP contribution in [0.15, 0.2) is 16.5 Å². The van der Waals surface area contributed by atoms with Crippen LogP contribution in [0.4, 0.5) is 4.79 Å². The van der Waals surface area contributed by atoms with E-state index in [0.29, 0.717) is 6.54 Å². The van der Waals surface area contributed by atoms with Crippen LogP contribution in [0, 0.1) is 12.8 Å². The maximum absolute atomic E-state index is 12.4. The lowest BCUT2D eigenvalue weighted by Crippen LogP contribution is -2.49. The molecule has 1 aliphatic carbocycles. The maximum atomic E-state index is 12.4. The van der Waals surface area contributed by atoms with Gasteiger partial charge in [0.1, 0.15) is 11.5 Å². The highest BCUT2D eigenvalue weighted by atomic mass is 16.3. The van der Waals surface area contributed by atoms with Crippen molar-refractivity contribution in [3.8, 4) is 0 Å². The van der Waals surface area contributed by atoms with Crippen LogP contribution in [0.25, 0.3) is 0 Å². The molecule has 3 N–H and O–H groups in total. The van der Waals surface area contributed by atoms with Crippen molar-refractivity contribution < 1.29 is 14.3 Å². The summed E-state index contributed by atoms with van der Waals surface area (Å²) in [6.07, 6.45) is 6.59. The Balaban J connectivity index is 1.55. The first kappa shape index (κ1) is 18.3. The number of amides is 2.